The molecule has 110 valence electrons. The highest BCUT2D eigenvalue weighted by Crippen LogP contribution is 2.32. The number of hydrogen-bond acceptors (Lipinski definition) is 5. The SMILES string of the molecule is CCOc1cncc(N(Cc2cccc(N)c2)C2CC2)n1. The minimum Gasteiger partial charge on any atom is -0.477 e. The minimum atomic E-state index is 0.539. The molecule has 1 heterocycles. The summed E-state index contributed by atoms with van der Waals surface area (Å²) in [6, 6.07) is 8.52. The minimum absolute atomic E-state index is 0.539. The summed E-state index contributed by atoms with van der Waals surface area (Å²) in [5.41, 5.74) is 7.84. The molecule has 0 spiro atoms. The molecule has 0 unspecified atom stereocenters. The van der Waals surface area contributed by atoms with E-state index in [0.717, 1.165) is 18.1 Å². The van der Waals surface area contributed by atoms with E-state index in [4.69, 9.17) is 10.5 Å². The number of nitrogens with zero attached hydrogens (tertiary/aromatic N) is 3. The van der Waals surface area contributed by atoms with Gasteiger partial charge in [0.1, 0.15) is 0 Å². The van der Waals surface area contributed by atoms with Crippen LogP contribution in [-0.4, -0.2) is 22.6 Å². The van der Waals surface area contributed by atoms with Crippen molar-refractivity contribution in [1.82, 2.24) is 9.97 Å². The number of benzene rings is 1. The van der Waals surface area contributed by atoms with Crippen LogP contribution < -0.4 is 15.4 Å². The standard InChI is InChI=1S/C16H20N4O/c1-2-21-16-10-18-9-15(19-16)20(14-6-7-14)11-12-4-3-5-13(17)8-12/h3-5,8-10,14H,2,6-7,11,17H2,1H3. The zero-order valence-corrected chi connectivity index (χ0v) is 12.2. The van der Waals surface area contributed by atoms with Crippen molar-refractivity contribution in [1.29, 1.82) is 0 Å². The lowest BCUT2D eigenvalue weighted by Crippen LogP contribution is -2.26. The van der Waals surface area contributed by atoms with Crippen LogP contribution in [0.2, 0.25) is 0 Å². The largest absolute Gasteiger partial charge is 0.477 e. The number of nitrogens with two attached hydrogens (primary N) is 1. The Hall–Kier alpha value is -2.30. The van der Waals surface area contributed by atoms with Crippen LogP contribution >= 0.6 is 0 Å². The molecule has 0 atom stereocenters. The van der Waals surface area contributed by atoms with Gasteiger partial charge in [-0.3, -0.25) is 4.98 Å². The second-order valence-corrected chi connectivity index (χ2v) is 5.25. The summed E-state index contributed by atoms with van der Waals surface area (Å²) in [7, 11) is 0. The maximum atomic E-state index is 5.86. The van der Waals surface area contributed by atoms with Gasteiger partial charge in [-0.25, -0.2) is 0 Å². The average Bonchev–Trinajstić information content (AvgIpc) is 3.30. The van der Waals surface area contributed by atoms with Gasteiger partial charge in [-0.15, -0.1) is 0 Å². The molecule has 1 aromatic carbocycles. The first-order valence-corrected chi connectivity index (χ1v) is 7.32. The highest BCUT2D eigenvalue weighted by Gasteiger charge is 2.30. The van der Waals surface area contributed by atoms with Gasteiger partial charge in [-0.2, -0.15) is 4.98 Å². The van der Waals surface area contributed by atoms with Crippen LogP contribution in [0.4, 0.5) is 11.5 Å². The fourth-order valence-electron chi connectivity index (χ4n) is 2.37. The van der Waals surface area contributed by atoms with Crippen LogP contribution in [0.3, 0.4) is 0 Å². The van der Waals surface area contributed by atoms with Gasteiger partial charge in [0, 0.05) is 18.3 Å². The smallest absolute Gasteiger partial charge is 0.234 e. The van der Waals surface area contributed by atoms with E-state index < -0.39 is 0 Å². The summed E-state index contributed by atoms with van der Waals surface area (Å²) in [6.45, 7) is 3.33. The molecule has 1 fully saturated rings. The first-order valence-electron chi connectivity index (χ1n) is 7.32. The summed E-state index contributed by atoms with van der Waals surface area (Å²) in [6.07, 6.45) is 5.84. The van der Waals surface area contributed by atoms with Gasteiger partial charge in [0.05, 0.1) is 19.0 Å². The van der Waals surface area contributed by atoms with Gasteiger partial charge in [-0.05, 0) is 37.5 Å². The lowest BCUT2D eigenvalue weighted by Gasteiger charge is -2.23. The third-order valence-electron chi connectivity index (χ3n) is 3.48. The molecule has 0 aliphatic heterocycles. The zero-order chi connectivity index (χ0) is 14.7. The number of rotatable bonds is 6. The van der Waals surface area contributed by atoms with E-state index in [9.17, 15) is 0 Å². The summed E-state index contributed by atoms with van der Waals surface area (Å²) in [5, 5.41) is 0. The van der Waals surface area contributed by atoms with Crippen LogP contribution in [0.25, 0.3) is 0 Å². The van der Waals surface area contributed by atoms with Gasteiger partial charge in [0.2, 0.25) is 5.88 Å². The number of anilines is 2. The first-order chi connectivity index (χ1) is 10.3. The van der Waals surface area contributed by atoms with E-state index in [1.807, 2.05) is 25.1 Å². The van der Waals surface area contributed by atoms with Gasteiger partial charge < -0.3 is 15.4 Å². The van der Waals surface area contributed by atoms with Crippen molar-refractivity contribution in [3.8, 4) is 5.88 Å². The van der Waals surface area contributed by atoms with Crippen molar-refractivity contribution in [2.45, 2.75) is 32.4 Å². The molecule has 3 rings (SSSR count). The van der Waals surface area contributed by atoms with Crippen LogP contribution in [0.15, 0.2) is 36.7 Å². The molecule has 1 saturated carbocycles. The van der Waals surface area contributed by atoms with Gasteiger partial charge in [0.15, 0.2) is 5.82 Å². The Balaban J connectivity index is 1.83. The Kier molecular flexibility index (Phi) is 3.90. The third-order valence-corrected chi connectivity index (χ3v) is 3.48. The number of hydrogen-bond donors (Lipinski definition) is 1. The molecule has 1 aliphatic rings. The fourth-order valence-corrected chi connectivity index (χ4v) is 2.37. The van der Waals surface area contributed by atoms with Gasteiger partial charge >= 0.3 is 0 Å². The first kappa shape index (κ1) is 13.7. The molecule has 0 amide bonds. The molecular formula is C16H20N4O. The molecule has 2 N–H and O–H groups in total. The molecule has 5 nitrogen and oxygen atoms in total. The number of nitrogen functional groups attached to an aromatic ring is 1. The normalized spacial score (nSPS) is 14.0. The summed E-state index contributed by atoms with van der Waals surface area (Å²) in [5.74, 6) is 1.44. The Morgan fingerprint density at radius 3 is 2.90 bits per heavy atom. The second kappa shape index (κ2) is 5.99. The van der Waals surface area contributed by atoms with Crippen molar-refractivity contribution in [2.75, 3.05) is 17.2 Å². The third kappa shape index (κ3) is 3.42. The Morgan fingerprint density at radius 2 is 2.19 bits per heavy atom. The monoisotopic (exact) mass is 284 g/mol. The topological polar surface area (TPSA) is 64.3 Å². The second-order valence-electron chi connectivity index (χ2n) is 5.25. The van der Waals surface area contributed by atoms with E-state index in [2.05, 4.69) is 20.9 Å². The van der Waals surface area contributed by atoms with Crippen molar-refractivity contribution in [3.05, 3.63) is 42.2 Å². The Labute approximate surface area is 124 Å². The highest BCUT2D eigenvalue weighted by atomic mass is 16.5. The van der Waals surface area contributed by atoms with E-state index in [1.54, 1.807) is 12.4 Å². The quantitative estimate of drug-likeness (QED) is 0.826. The lowest BCUT2D eigenvalue weighted by atomic mass is 10.2. The maximum Gasteiger partial charge on any atom is 0.234 e. The predicted molar refractivity (Wildman–Crippen MR) is 83.3 cm³/mol. The van der Waals surface area contributed by atoms with Crippen molar-refractivity contribution < 1.29 is 4.74 Å². The molecule has 1 aliphatic carbocycles. The Morgan fingerprint density at radius 1 is 1.33 bits per heavy atom. The average molecular weight is 284 g/mol. The summed E-state index contributed by atoms with van der Waals surface area (Å²) < 4.78 is 5.45. The van der Waals surface area contributed by atoms with E-state index >= 15 is 0 Å². The molecule has 2 aromatic rings. The molecule has 0 radical (unpaired) electrons. The maximum absolute atomic E-state index is 5.86. The molecule has 1 aromatic heterocycles. The van der Waals surface area contributed by atoms with Crippen molar-refractivity contribution in [2.24, 2.45) is 0 Å². The van der Waals surface area contributed by atoms with E-state index in [0.29, 0.717) is 18.5 Å². The molecule has 0 saturated heterocycles. The Bertz CT molecular complexity index is 613. The highest BCUT2D eigenvalue weighted by molar-refractivity contribution is 5.45. The van der Waals surface area contributed by atoms with Crippen molar-refractivity contribution >= 4 is 11.5 Å². The van der Waals surface area contributed by atoms with Crippen LogP contribution in [0.1, 0.15) is 25.3 Å². The van der Waals surface area contributed by atoms with E-state index in [1.165, 1.54) is 18.4 Å². The van der Waals surface area contributed by atoms with Crippen LogP contribution in [0, 0.1) is 0 Å². The fraction of sp³-hybridized carbons (Fsp3) is 0.375. The molecule has 0 bridgehead atoms. The van der Waals surface area contributed by atoms with Gasteiger partial charge in [0.25, 0.3) is 0 Å². The van der Waals surface area contributed by atoms with Crippen LogP contribution in [0.5, 0.6) is 5.88 Å². The van der Waals surface area contributed by atoms with E-state index in [-0.39, 0.29) is 0 Å². The lowest BCUT2D eigenvalue weighted by molar-refractivity contribution is 0.325. The van der Waals surface area contributed by atoms with Crippen molar-refractivity contribution in [3.63, 3.8) is 0 Å². The number of aromatic nitrogens is 2. The van der Waals surface area contributed by atoms with Gasteiger partial charge in [-0.1, -0.05) is 12.1 Å². The summed E-state index contributed by atoms with van der Waals surface area (Å²) >= 11 is 0. The molecule has 5 heteroatoms. The number of ether oxygens (including phenoxy) is 1. The summed E-state index contributed by atoms with van der Waals surface area (Å²) in [4.78, 5) is 11.1. The predicted octanol–water partition coefficient (Wildman–Crippen LogP) is 2.63. The molecule has 21 heavy (non-hydrogen) atoms. The zero-order valence-electron chi connectivity index (χ0n) is 12.2. The van der Waals surface area contributed by atoms with Crippen LogP contribution in [-0.2, 0) is 6.54 Å². The molecular weight excluding hydrogens is 264 g/mol.